The van der Waals surface area contributed by atoms with Gasteiger partial charge in [0.2, 0.25) is 5.91 Å². The molecule has 2 aromatic carbocycles. The van der Waals surface area contributed by atoms with Gasteiger partial charge in [-0.3, -0.25) is 9.69 Å². The maximum atomic E-state index is 12.7. The maximum absolute atomic E-state index is 12.7. The van der Waals surface area contributed by atoms with Crippen LogP contribution in [0.5, 0.6) is 5.75 Å². The molecular formula is C23H30ClN3O2. The normalized spacial score (nSPS) is 17.1. The monoisotopic (exact) mass is 415 g/mol. The van der Waals surface area contributed by atoms with E-state index in [2.05, 4.69) is 35.8 Å². The standard InChI is InChI=1S/C23H30ClN3O2/c1-5-26(6-2)18-9-12-20(21(24)15-18)23-25(3)16-22(28)27(23)14-13-17-7-10-19(29-4)11-8-17/h7-12,15,23H,5-6,13-14,16H2,1-4H3. The van der Waals surface area contributed by atoms with Crippen LogP contribution >= 0.6 is 11.6 Å². The second-order valence-electron chi connectivity index (χ2n) is 7.35. The molecule has 0 aliphatic carbocycles. The minimum atomic E-state index is -0.140. The molecule has 5 nitrogen and oxygen atoms in total. The summed E-state index contributed by atoms with van der Waals surface area (Å²) in [5, 5.41) is 0.704. The van der Waals surface area contributed by atoms with Gasteiger partial charge >= 0.3 is 0 Å². The third kappa shape index (κ3) is 4.68. The van der Waals surface area contributed by atoms with Crippen molar-refractivity contribution in [3.05, 3.63) is 58.6 Å². The average molecular weight is 416 g/mol. The van der Waals surface area contributed by atoms with Gasteiger partial charge in [0.25, 0.3) is 0 Å². The molecule has 1 unspecified atom stereocenters. The molecule has 0 aromatic heterocycles. The topological polar surface area (TPSA) is 36.0 Å². The lowest BCUT2D eigenvalue weighted by molar-refractivity contribution is -0.128. The van der Waals surface area contributed by atoms with Crippen molar-refractivity contribution in [1.82, 2.24) is 9.80 Å². The summed E-state index contributed by atoms with van der Waals surface area (Å²) in [6, 6.07) is 14.2. The van der Waals surface area contributed by atoms with E-state index in [9.17, 15) is 4.79 Å². The van der Waals surface area contributed by atoms with Crippen LogP contribution < -0.4 is 9.64 Å². The fourth-order valence-electron chi connectivity index (χ4n) is 3.97. The fourth-order valence-corrected chi connectivity index (χ4v) is 4.24. The minimum absolute atomic E-state index is 0.134. The summed E-state index contributed by atoms with van der Waals surface area (Å²) < 4.78 is 5.22. The zero-order chi connectivity index (χ0) is 21.0. The number of carbonyl (C=O) groups is 1. The van der Waals surface area contributed by atoms with E-state index in [-0.39, 0.29) is 12.1 Å². The SMILES string of the molecule is CCN(CC)c1ccc(C2N(C)CC(=O)N2CCc2ccc(OC)cc2)c(Cl)c1. The molecule has 0 radical (unpaired) electrons. The van der Waals surface area contributed by atoms with Gasteiger partial charge in [0.1, 0.15) is 11.9 Å². The van der Waals surface area contributed by atoms with Gasteiger partial charge in [0.15, 0.2) is 0 Å². The number of methoxy groups -OCH3 is 1. The molecule has 1 amide bonds. The number of carbonyl (C=O) groups excluding carboxylic acids is 1. The molecule has 1 heterocycles. The van der Waals surface area contributed by atoms with Crippen molar-refractivity contribution in [2.24, 2.45) is 0 Å². The summed E-state index contributed by atoms with van der Waals surface area (Å²) in [5.74, 6) is 0.971. The van der Waals surface area contributed by atoms with E-state index >= 15 is 0 Å². The van der Waals surface area contributed by atoms with Crippen molar-refractivity contribution in [2.45, 2.75) is 26.4 Å². The molecule has 1 aliphatic heterocycles. The molecule has 0 saturated carbocycles. The van der Waals surface area contributed by atoms with Crippen molar-refractivity contribution in [3.63, 3.8) is 0 Å². The number of hydrogen-bond donors (Lipinski definition) is 0. The number of nitrogens with zero attached hydrogens (tertiary/aromatic N) is 3. The first-order valence-electron chi connectivity index (χ1n) is 10.2. The van der Waals surface area contributed by atoms with E-state index in [1.165, 1.54) is 5.56 Å². The highest BCUT2D eigenvalue weighted by Gasteiger charge is 2.37. The number of rotatable bonds is 8. The smallest absolute Gasteiger partial charge is 0.238 e. The van der Waals surface area contributed by atoms with E-state index in [0.29, 0.717) is 18.1 Å². The van der Waals surface area contributed by atoms with Crippen LogP contribution in [0.3, 0.4) is 0 Å². The Morgan fingerprint density at radius 3 is 2.41 bits per heavy atom. The van der Waals surface area contributed by atoms with Gasteiger partial charge < -0.3 is 14.5 Å². The van der Waals surface area contributed by atoms with Crippen molar-refractivity contribution in [3.8, 4) is 5.75 Å². The number of anilines is 1. The second-order valence-corrected chi connectivity index (χ2v) is 7.76. The van der Waals surface area contributed by atoms with Crippen LogP contribution in [0.4, 0.5) is 5.69 Å². The molecule has 0 N–H and O–H groups in total. The lowest BCUT2D eigenvalue weighted by Gasteiger charge is -2.30. The Kier molecular flexibility index (Phi) is 7.04. The summed E-state index contributed by atoms with van der Waals surface area (Å²) in [5.41, 5.74) is 3.26. The van der Waals surface area contributed by atoms with E-state index in [1.54, 1.807) is 7.11 Å². The molecule has 156 valence electrons. The van der Waals surface area contributed by atoms with Crippen LogP contribution in [-0.2, 0) is 11.2 Å². The summed E-state index contributed by atoms with van der Waals surface area (Å²) >= 11 is 6.69. The van der Waals surface area contributed by atoms with Crippen LogP contribution in [0.15, 0.2) is 42.5 Å². The third-order valence-electron chi connectivity index (χ3n) is 5.61. The van der Waals surface area contributed by atoms with Crippen LogP contribution in [0.2, 0.25) is 5.02 Å². The predicted octanol–water partition coefficient (Wildman–Crippen LogP) is 4.21. The van der Waals surface area contributed by atoms with Gasteiger partial charge in [-0.1, -0.05) is 29.8 Å². The highest BCUT2D eigenvalue weighted by atomic mass is 35.5. The van der Waals surface area contributed by atoms with Crippen molar-refractivity contribution in [1.29, 1.82) is 0 Å². The van der Waals surface area contributed by atoms with E-state index < -0.39 is 0 Å². The number of amides is 1. The molecule has 1 fully saturated rings. The number of ether oxygens (including phenoxy) is 1. The minimum Gasteiger partial charge on any atom is -0.497 e. The third-order valence-corrected chi connectivity index (χ3v) is 5.94. The zero-order valence-corrected chi connectivity index (χ0v) is 18.4. The molecular weight excluding hydrogens is 386 g/mol. The van der Waals surface area contributed by atoms with Crippen LogP contribution in [0.1, 0.15) is 31.1 Å². The van der Waals surface area contributed by atoms with Crippen LogP contribution in [0, 0.1) is 0 Å². The summed E-state index contributed by atoms with van der Waals surface area (Å²) in [7, 11) is 3.64. The molecule has 3 rings (SSSR count). The molecule has 1 atom stereocenters. The van der Waals surface area contributed by atoms with Gasteiger partial charge in [0.05, 0.1) is 13.7 Å². The summed E-state index contributed by atoms with van der Waals surface area (Å²) in [4.78, 5) is 18.9. The van der Waals surface area contributed by atoms with Crippen molar-refractivity contribution < 1.29 is 9.53 Å². The summed E-state index contributed by atoms with van der Waals surface area (Å²) in [6.45, 7) is 7.19. The molecule has 0 bridgehead atoms. The van der Waals surface area contributed by atoms with Crippen LogP contribution in [-0.4, -0.2) is 56.0 Å². The van der Waals surface area contributed by atoms with E-state index in [1.807, 2.05) is 42.3 Å². The maximum Gasteiger partial charge on any atom is 0.238 e. The molecule has 1 aliphatic rings. The fraction of sp³-hybridized carbons (Fsp3) is 0.435. The Bertz CT molecular complexity index is 837. The first kappa shape index (κ1) is 21.5. The number of halogens is 1. The van der Waals surface area contributed by atoms with Crippen LogP contribution in [0.25, 0.3) is 0 Å². The highest BCUT2D eigenvalue weighted by Crippen LogP contribution is 2.36. The van der Waals surface area contributed by atoms with Gasteiger partial charge in [0, 0.05) is 35.9 Å². The Balaban J connectivity index is 1.79. The lowest BCUT2D eigenvalue weighted by Crippen LogP contribution is -2.33. The number of benzene rings is 2. The Morgan fingerprint density at radius 2 is 1.83 bits per heavy atom. The Hall–Kier alpha value is -2.24. The lowest BCUT2D eigenvalue weighted by atomic mass is 10.1. The Morgan fingerprint density at radius 1 is 1.14 bits per heavy atom. The second kappa shape index (κ2) is 9.51. The number of likely N-dealkylation sites (N-methyl/N-ethyl adjacent to an activating group) is 1. The first-order valence-corrected chi connectivity index (χ1v) is 10.5. The first-order chi connectivity index (χ1) is 14.0. The molecule has 2 aromatic rings. The predicted molar refractivity (Wildman–Crippen MR) is 119 cm³/mol. The van der Waals surface area contributed by atoms with Crippen molar-refractivity contribution >= 4 is 23.2 Å². The quantitative estimate of drug-likeness (QED) is 0.647. The largest absolute Gasteiger partial charge is 0.497 e. The number of hydrogen-bond acceptors (Lipinski definition) is 4. The molecule has 0 spiro atoms. The van der Waals surface area contributed by atoms with Crippen molar-refractivity contribution in [2.75, 3.05) is 45.2 Å². The average Bonchev–Trinajstić information content (AvgIpc) is 3.00. The zero-order valence-electron chi connectivity index (χ0n) is 17.7. The van der Waals surface area contributed by atoms with Gasteiger partial charge in [-0.2, -0.15) is 0 Å². The molecule has 1 saturated heterocycles. The van der Waals surface area contributed by atoms with E-state index in [4.69, 9.17) is 16.3 Å². The van der Waals surface area contributed by atoms with E-state index in [0.717, 1.165) is 36.5 Å². The molecule has 29 heavy (non-hydrogen) atoms. The van der Waals surface area contributed by atoms with Gasteiger partial charge in [-0.15, -0.1) is 0 Å². The van der Waals surface area contributed by atoms with Gasteiger partial charge in [-0.25, -0.2) is 0 Å². The van der Waals surface area contributed by atoms with Gasteiger partial charge in [-0.05, 0) is 57.1 Å². The molecule has 6 heteroatoms. The highest BCUT2D eigenvalue weighted by molar-refractivity contribution is 6.31. The Labute approximate surface area is 178 Å². The summed E-state index contributed by atoms with van der Waals surface area (Å²) in [6.07, 6.45) is 0.647.